The van der Waals surface area contributed by atoms with Gasteiger partial charge in [0.25, 0.3) is 0 Å². The van der Waals surface area contributed by atoms with E-state index in [9.17, 15) is 9.90 Å². The number of nitrogens with zero attached hydrogens (tertiary/aromatic N) is 1. The van der Waals surface area contributed by atoms with Crippen molar-refractivity contribution >= 4 is 17.8 Å². The van der Waals surface area contributed by atoms with Crippen LogP contribution in [0.2, 0.25) is 0 Å². The van der Waals surface area contributed by atoms with Crippen molar-refractivity contribution in [3.8, 4) is 0 Å². The first-order valence-electron chi connectivity index (χ1n) is 7.76. The predicted octanol–water partition coefficient (Wildman–Crippen LogP) is 2.85. The van der Waals surface area contributed by atoms with Gasteiger partial charge in [0.1, 0.15) is 0 Å². The maximum absolute atomic E-state index is 12.4. The third-order valence-corrected chi connectivity index (χ3v) is 4.96. The van der Waals surface area contributed by atoms with Crippen molar-refractivity contribution in [3.05, 3.63) is 0 Å². The Morgan fingerprint density at radius 3 is 2.55 bits per heavy atom. The van der Waals surface area contributed by atoms with E-state index in [1.807, 2.05) is 18.7 Å². The highest BCUT2D eigenvalue weighted by Crippen LogP contribution is 2.28. The highest BCUT2D eigenvalue weighted by Gasteiger charge is 2.29. The Morgan fingerprint density at radius 1 is 1.35 bits per heavy atom. The largest absolute Gasteiger partial charge is 0.389 e. The van der Waals surface area contributed by atoms with Crippen molar-refractivity contribution in [2.45, 2.75) is 70.3 Å². The molecule has 0 bridgehead atoms. The van der Waals surface area contributed by atoms with E-state index in [1.165, 1.54) is 19.3 Å². The van der Waals surface area contributed by atoms with E-state index in [1.54, 1.807) is 18.7 Å². The fourth-order valence-electron chi connectivity index (χ4n) is 2.72. The van der Waals surface area contributed by atoms with Gasteiger partial charge in [0.15, 0.2) is 0 Å². The molecule has 0 aromatic carbocycles. The van der Waals surface area contributed by atoms with E-state index in [0.717, 1.165) is 12.2 Å². The summed E-state index contributed by atoms with van der Waals surface area (Å²) in [7, 11) is 0. The number of likely N-dealkylation sites (N-methyl/N-ethyl adjacent to an activating group) is 1. The highest BCUT2D eigenvalue weighted by molar-refractivity contribution is 7.99. The number of thioether (sulfide) groups is 1. The van der Waals surface area contributed by atoms with Crippen LogP contribution in [0.25, 0.3) is 0 Å². The monoisotopic (exact) mass is 302 g/mol. The van der Waals surface area contributed by atoms with Crippen molar-refractivity contribution < 1.29 is 9.90 Å². The average Bonchev–Trinajstić information content (AvgIpc) is 2.37. The van der Waals surface area contributed by atoms with E-state index < -0.39 is 5.60 Å². The van der Waals surface area contributed by atoms with E-state index in [4.69, 9.17) is 0 Å². The molecule has 118 valence electrons. The molecule has 5 heteroatoms. The summed E-state index contributed by atoms with van der Waals surface area (Å²) < 4.78 is 0. The van der Waals surface area contributed by atoms with E-state index in [0.29, 0.717) is 18.3 Å². The number of rotatable bonds is 6. The molecule has 2 N–H and O–H groups in total. The lowest BCUT2D eigenvalue weighted by Crippen LogP contribution is -2.52. The molecule has 0 aromatic rings. The smallest absolute Gasteiger partial charge is 0.317 e. The van der Waals surface area contributed by atoms with Crippen LogP contribution in [0.5, 0.6) is 0 Å². The van der Waals surface area contributed by atoms with Gasteiger partial charge >= 0.3 is 6.03 Å². The van der Waals surface area contributed by atoms with Crippen LogP contribution in [-0.4, -0.2) is 51.8 Å². The molecule has 0 spiro atoms. The number of hydrogen-bond acceptors (Lipinski definition) is 3. The number of amides is 2. The summed E-state index contributed by atoms with van der Waals surface area (Å²) in [6.07, 6.45) is 4.74. The first-order valence-corrected chi connectivity index (χ1v) is 8.81. The van der Waals surface area contributed by atoms with Gasteiger partial charge in [0, 0.05) is 17.8 Å². The minimum Gasteiger partial charge on any atom is -0.389 e. The molecule has 1 rings (SSSR count). The van der Waals surface area contributed by atoms with Crippen LogP contribution in [0.4, 0.5) is 4.79 Å². The van der Waals surface area contributed by atoms with Crippen molar-refractivity contribution in [1.82, 2.24) is 10.2 Å². The van der Waals surface area contributed by atoms with Crippen LogP contribution < -0.4 is 5.32 Å². The molecule has 1 saturated carbocycles. The second-order valence-corrected chi connectivity index (χ2v) is 7.68. The van der Waals surface area contributed by atoms with E-state index in [-0.39, 0.29) is 12.1 Å². The molecular formula is C15H30N2O2S. The molecule has 2 unspecified atom stereocenters. The van der Waals surface area contributed by atoms with Gasteiger partial charge in [-0.25, -0.2) is 4.79 Å². The lowest BCUT2D eigenvalue weighted by Gasteiger charge is -2.35. The molecule has 4 nitrogen and oxygen atoms in total. The second-order valence-electron chi connectivity index (χ2n) is 6.16. The standard InChI is InChI=1S/C15H30N2O2S/c1-5-17(11-15(3,4)19)14(18)16-12-9-7-8-10-13(12)20-6-2/h12-13,19H,5-11H2,1-4H3,(H,16,18). The van der Waals surface area contributed by atoms with Gasteiger partial charge in [-0.1, -0.05) is 19.8 Å². The van der Waals surface area contributed by atoms with Crippen LogP contribution in [0.15, 0.2) is 0 Å². The average molecular weight is 302 g/mol. The van der Waals surface area contributed by atoms with Crippen LogP contribution >= 0.6 is 11.8 Å². The maximum atomic E-state index is 12.4. The third-order valence-electron chi connectivity index (χ3n) is 3.64. The van der Waals surface area contributed by atoms with Gasteiger partial charge in [-0.2, -0.15) is 11.8 Å². The zero-order valence-electron chi connectivity index (χ0n) is 13.3. The fourth-order valence-corrected chi connectivity index (χ4v) is 3.92. The maximum Gasteiger partial charge on any atom is 0.317 e. The van der Waals surface area contributed by atoms with E-state index in [2.05, 4.69) is 12.2 Å². The Bertz CT molecular complexity index is 303. The summed E-state index contributed by atoms with van der Waals surface area (Å²) in [4.78, 5) is 14.1. The van der Waals surface area contributed by atoms with Gasteiger partial charge < -0.3 is 15.3 Å². The highest BCUT2D eigenvalue weighted by atomic mass is 32.2. The lowest BCUT2D eigenvalue weighted by molar-refractivity contribution is 0.0474. The van der Waals surface area contributed by atoms with Gasteiger partial charge in [-0.05, 0) is 39.4 Å². The Balaban J connectivity index is 2.57. The number of nitrogens with one attached hydrogen (secondary N) is 1. The lowest BCUT2D eigenvalue weighted by atomic mass is 9.95. The van der Waals surface area contributed by atoms with Crippen molar-refractivity contribution in [3.63, 3.8) is 0 Å². The molecule has 0 aromatic heterocycles. The molecule has 1 aliphatic rings. The zero-order valence-corrected chi connectivity index (χ0v) is 14.1. The topological polar surface area (TPSA) is 52.6 Å². The molecule has 0 saturated heterocycles. The quantitative estimate of drug-likeness (QED) is 0.793. The summed E-state index contributed by atoms with van der Waals surface area (Å²) >= 11 is 1.95. The number of carbonyl (C=O) groups is 1. The van der Waals surface area contributed by atoms with Crippen molar-refractivity contribution in [2.75, 3.05) is 18.8 Å². The summed E-state index contributed by atoms with van der Waals surface area (Å²) in [5.41, 5.74) is -0.850. The third kappa shape index (κ3) is 5.92. The number of urea groups is 1. The number of hydrogen-bond donors (Lipinski definition) is 2. The second kappa shape index (κ2) is 8.13. The van der Waals surface area contributed by atoms with Crippen molar-refractivity contribution in [2.24, 2.45) is 0 Å². The molecule has 1 aliphatic carbocycles. The van der Waals surface area contributed by atoms with Crippen LogP contribution in [-0.2, 0) is 0 Å². The van der Waals surface area contributed by atoms with Gasteiger partial charge in [0.2, 0.25) is 0 Å². The van der Waals surface area contributed by atoms with Crippen molar-refractivity contribution in [1.29, 1.82) is 0 Å². The minimum atomic E-state index is -0.850. The normalized spacial score (nSPS) is 23.4. The summed E-state index contributed by atoms with van der Waals surface area (Å²) in [6, 6.07) is 0.236. The molecule has 2 amide bonds. The van der Waals surface area contributed by atoms with Gasteiger partial charge in [-0.15, -0.1) is 0 Å². The minimum absolute atomic E-state index is 0.0387. The molecule has 0 heterocycles. The van der Waals surface area contributed by atoms with Crippen LogP contribution in [0.1, 0.15) is 53.4 Å². The Morgan fingerprint density at radius 2 is 2.00 bits per heavy atom. The predicted molar refractivity (Wildman–Crippen MR) is 86.3 cm³/mol. The summed E-state index contributed by atoms with van der Waals surface area (Å²) in [5, 5.41) is 13.6. The van der Waals surface area contributed by atoms with Gasteiger partial charge in [-0.3, -0.25) is 0 Å². The molecule has 0 radical (unpaired) electrons. The molecule has 1 fully saturated rings. The number of carbonyl (C=O) groups excluding carboxylic acids is 1. The molecule has 2 atom stereocenters. The fraction of sp³-hybridized carbons (Fsp3) is 0.933. The summed E-state index contributed by atoms with van der Waals surface area (Å²) in [6.45, 7) is 8.58. The molecule has 0 aliphatic heterocycles. The zero-order chi connectivity index (χ0) is 15.2. The molecular weight excluding hydrogens is 272 g/mol. The van der Waals surface area contributed by atoms with E-state index >= 15 is 0 Å². The Kier molecular flexibility index (Phi) is 7.17. The molecule has 20 heavy (non-hydrogen) atoms. The first kappa shape index (κ1) is 17.6. The number of aliphatic hydroxyl groups is 1. The van der Waals surface area contributed by atoms with Gasteiger partial charge in [0.05, 0.1) is 12.1 Å². The summed E-state index contributed by atoms with van der Waals surface area (Å²) in [5.74, 6) is 1.10. The Hall–Kier alpha value is -0.420. The SMILES string of the molecule is CCSC1CCCCC1NC(=O)N(CC)CC(C)(C)O. The van der Waals surface area contributed by atoms with Crippen LogP contribution in [0, 0.1) is 0 Å². The first-order chi connectivity index (χ1) is 9.37. The Labute approximate surface area is 127 Å². The van der Waals surface area contributed by atoms with Crippen LogP contribution in [0.3, 0.4) is 0 Å².